The van der Waals surface area contributed by atoms with Crippen molar-refractivity contribution in [2.75, 3.05) is 26.6 Å². The molecule has 0 aliphatic heterocycles. The Bertz CT molecular complexity index is 740. The van der Waals surface area contributed by atoms with Crippen LogP contribution in [0.25, 0.3) is 0 Å². The van der Waals surface area contributed by atoms with E-state index in [1.165, 1.54) is 33.5 Å². The first-order chi connectivity index (χ1) is 12.0. The van der Waals surface area contributed by atoms with E-state index >= 15 is 0 Å². The number of halogens is 1. The van der Waals surface area contributed by atoms with Crippen LogP contribution in [0.15, 0.2) is 30.3 Å². The molecule has 0 aliphatic rings. The third-order valence-corrected chi connectivity index (χ3v) is 3.59. The Balaban J connectivity index is 2.04. The summed E-state index contributed by atoms with van der Waals surface area (Å²) in [5.41, 5.74) is 1.75. The van der Waals surface area contributed by atoms with Gasteiger partial charge in [-0.15, -0.1) is 0 Å². The molecule has 0 saturated heterocycles. The number of ether oxygens (including phenoxy) is 3. The smallest absolute Gasteiger partial charge is 0.319 e. The minimum Gasteiger partial charge on any atom is -0.493 e. The van der Waals surface area contributed by atoms with Crippen molar-refractivity contribution in [1.82, 2.24) is 5.32 Å². The number of amides is 2. The van der Waals surface area contributed by atoms with E-state index in [1.807, 2.05) is 0 Å². The molecule has 0 radical (unpaired) electrons. The topological polar surface area (TPSA) is 68.8 Å². The van der Waals surface area contributed by atoms with E-state index < -0.39 is 6.03 Å². The number of aryl methyl sites for hydroxylation is 1. The molecule has 2 aromatic carbocycles. The minimum atomic E-state index is -0.403. The molecular weight excluding hydrogens is 327 g/mol. The van der Waals surface area contributed by atoms with Crippen LogP contribution in [0.2, 0.25) is 0 Å². The summed E-state index contributed by atoms with van der Waals surface area (Å²) in [6.07, 6.45) is 0. The fourth-order valence-electron chi connectivity index (χ4n) is 2.32. The SMILES string of the molecule is COc1cc(CNC(=O)Nc2ccc(F)c(C)c2)cc(OC)c1OC. The summed E-state index contributed by atoms with van der Waals surface area (Å²) in [7, 11) is 4.58. The zero-order chi connectivity index (χ0) is 18.4. The molecule has 0 bridgehead atoms. The highest BCUT2D eigenvalue weighted by atomic mass is 19.1. The average Bonchev–Trinajstić information content (AvgIpc) is 2.62. The van der Waals surface area contributed by atoms with Crippen LogP contribution in [-0.4, -0.2) is 27.4 Å². The number of hydrogen-bond donors (Lipinski definition) is 2. The largest absolute Gasteiger partial charge is 0.493 e. The van der Waals surface area contributed by atoms with Gasteiger partial charge in [-0.3, -0.25) is 0 Å². The molecule has 0 heterocycles. The molecule has 25 heavy (non-hydrogen) atoms. The maximum absolute atomic E-state index is 13.2. The zero-order valence-electron chi connectivity index (χ0n) is 14.6. The molecule has 2 N–H and O–H groups in total. The van der Waals surface area contributed by atoms with Gasteiger partial charge in [-0.25, -0.2) is 9.18 Å². The van der Waals surface area contributed by atoms with E-state index in [-0.39, 0.29) is 12.4 Å². The van der Waals surface area contributed by atoms with Crippen molar-refractivity contribution in [2.45, 2.75) is 13.5 Å². The van der Waals surface area contributed by atoms with Gasteiger partial charge in [-0.2, -0.15) is 0 Å². The molecular formula is C18H21FN2O4. The standard InChI is InChI=1S/C18H21FN2O4/c1-11-7-13(5-6-14(11)19)21-18(22)20-10-12-8-15(23-2)17(25-4)16(9-12)24-3/h5-9H,10H2,1-4H3,(H2,20,21,22). The van der Waals surface area contributed by atoms with E-state index in [1.54, 1.807) is 25.1 Å². The van der Waals surface area contributed by atoms with Crippen LogP contribution in [-0.2, 0) is 6.54 Å². The van der Waals surface area contributed by atoms with Crippen LogP contribution in [0.1, 0.15) is 11.1 Å². The van der Waals surface area contributed by atoms with Gasteiger partial charge in [0.05, 0.1) is 21.3 Å². The Hall–Kier alpha value is -2.96. The fourth-order valence-corrected chi connectivity index (χ4v) is 2.32. The van der Waals surface area contributed by atoms with Gasteiger partial charge < -0.3 is 24.8 Å². The minimum absolute atomic E-state index is 0.253. The van der Waals surface area contributed by atoms with Gasteiger partial charge in [0.15, 0.2) is 11.5 Å². The molecule has 6 nitrogen and oxygen atoms in total. The number of urea groups is 1. The van der Waals surface area contributed by atoms with Crippen LogP contribution >= 0.6 is 0 Å². The summed E-state index contributed by atoms with van der Waals surface area (Å²) >= 11 is 0. The molecule has 0 aliphatic carbocycles. The van der Waals surface area contributed by atoms with Gasteiger partial charge in [0.25, 0.3) is 0 Å². The summed E-state index contributed by atoms with van der Waals surface area (Å²) in [6, 6.07) is 7.48. The summed E-state index contributed by atoms with van der Waals surface area (Å²) in [5.74, 6) is 1.19. The second kappa shape index (κ2) is 8.23. The highest BCUT2D eigenvalue weighted by molar-refractivity contribution is 5.89. The van der Waals surface area contributed by atoms with Crippen molar-refractivity contribution in [3.63, 3.8) is 0 Å². The number of nitrogens with one attached hydrogen (secondary N) is 2. The van der Waals surface area contributed by atoms with Gasteiger partial charge in [-0.1, -0.05) is 0 Å². The first kappa shape index (κ1) is 18.4. The quantitative estimate of drug-likeness (QED) is 0.839. The van der Waals surface area contributed by atoms with Crippen LogP contribution in [0, 0.1) is 12.7 Å². The Labute approximate surface area is 145 Å². The second-order valence-corrected chi connectivity index (χ2v) is 5.31. The lowest BCUT2D eigenvalue weighted by Gasteiger charge is -2.14. The summed E-state index contributed by atoms with van der Waals surface area (Å²) < 4.78 is 29.1. The van der Waals surface area contributed by atoms with Gasteiger partial charge >= 0.3 is 6.03 Å². The first-order valence-electron chi connectivity index (χ1n) is 7.58. The van der Waals surface area contributed by atoms with Gasteiger partial charge in [0.2, 0.25) is 5.75 Å². The number of benzene rings is 2. The molecule has 0 aromatic heterocycles. The van der Waals surface area contributed by atoms with Crippen molar-refractivity contribution in [1.29, 1.82) is 0 Å². The molecule has 0 spiro atoms. The Morgan fingerprint density at radius 1 is 1.04 bits per heavy atom. The van der Waals surface area contributed by atoms with Crippen LogP contribution in [0.3, 0.4) is 0 Å². The normalized spacial score (nSPS) is 10.1. The van der Waals surface area contributed by atoms with Gasteiger partial charge in [0, 0.05) is 12.2 Å². The maximum Gasteiger partial charge on any atom is 0.319 e. The van der Waals surface area contributed by atoms with E-state index in [9.17, 15) is 9.18 Å². The Morgan fingerprint density at radius 2 is 1.68 bits per heavy atom. The number of anilines is 1. The molecule has 0 fully saturated rings. The van der Waals surface area contributed by atoms with E-state index in [2.05, 4.69) is 10.6 Å². The van der Waals surface area contributed by atoms with Crippen molar-refractivity contribution in [3.8, 4) is 17.2 Å². The summed E-state index contributed by atoms with van der Waals surface area (Å²) in [5, 5.41) is 5.38. The summed E-state index contributed by atoms with van der Waals surface area (Å²) in [6.45, 7) is 1.89. The lowest BCUT2D eigenvalue weighted by atomic mass is 10.2. The fraction of sp³-hybridized carbons (Fsp3) is 0.278. The van der Waals surface area contributed by atoms with Crippen LogP contribution in [0.4, 0.5) is 14.9 Å². The predicted octanol–water partition coefficient (Wildman–Crippen LogP) is 3.48. The lowest BCUT2D eigenvalue weighted by Crippen LogP contribution is -2.28. The van der Waals surface area contributed by atoms with Crippen molar-refractivity contribution in [3.05, 3.63) is 47.3 Å². The highest BCUT2D eigenvalue weighted by Gasteiger charge is 2.13. The van der Waals surface area contributed by atoms with Crippen LogP contribution < -0.4 is 24.8 Å². The molecule has 2 aromatic rings. The highest BCUT2D eigenvalue weighted by Crippen LogP contribution is 2.38. The monoisotopic (exact) mass is 348 g/mol. The average molecular weight is 348 g/mol. The molecule has 2 rings (SSSR count). The molecule has 0 saturated carbocycles. The van der Waals surface area contributed by atoms with Crippen LogP contribution in [0.5, 0.6) is 17.2 Å². The zero-order valence-corrected chi connectivity index (χ0v) is 14.6. The van der Waals surface area contributed by atoms with Gasteiger partial charge in [0.1, 0.15) is 5.82 Å². The van der Waals surface area contributed by atoms with E-state index in [4.69, 9.17) is 14.2 Å². The number of carbonyl (C=O) groups excluding carboxylic acids is 1. The maximum atomic E-state index is 13.2. The predicted molar refractivity (Wildman–Crippen MR) is 93.1 cm³/mol. The lowest BCUT2D eigenvalue weighted by molar-refractivity contribution is 0.251. The number of rotatable bonds is 6. The third-order valence-electron chi connectivity index (χ3n) is 3.59. The third kappa shape index (κ3) is 4.53. The number of hydrogen-bond acceptors (Lipinski definition) is 4. The molecule has 134 valence electrons. The second-order valence-electron chi connectivity index (χ2n) is 5.31. The van der Waals surface area contributed by atoms with E-state index in [0.717, 1.165) is 5.56 Å². The van der Waals surface area contributed by atoms with Crippen molar-refractivity contribution in [2.24, 2.45) is 0 Å². The molecule has 2 amide bonds. The Kier molecular flexibility index (Phi) is 6.05. The number of carbonyl (C=O) groups is 1. The molecule has 0 atom stereocenters. The molecule has 0 unspecified atom stereocenters. The number of methoxy groups -OCH3 is 3. The first-order valence-corrected chi connectivity index (χ1v) is 7.58. The summed E-state index contributed by atoms with van der Waals surface area (Å²) in [4.78, 5) is 12.0. The Morgan fingerprint density at radius 3 is 2.20 bits per heavy atom. The van der Waals surface area contributed by atoms with E-state index in [0.29, 0.717) is 28.5 Å². The van der Waals surface area contributed by atoms with Gasteiger partial charge in [-0.05, 0) is 48.4 Å². The van der Waals surface area contributed by atoms with Crippen molar-refractivity contribution >= 4 is 11.7 Å². The van der Waals surface area contributed by atoms with Crippen molar-refractivity contribution < 1.29 is 23.4 Å². The molecule has 7 heteroatoms.